The maximum absolute atomic E-state index is 13.4. The fourth-order valence-corrected chi connectivity index (χ4v) is 4.91. The molecule has 0 aliphatic carbocycles. The second-order valence-corrected chi connectivity index (χ2v) is 9.76. The summed E-state index contributed by atoms with van der Waals surface area (Å²) in [5, 5.41) is 14.1. The third-order valence-electron chi connectivity index (χ3n) is 5.65. The molecule has 36 heavy (non-hydrogen) atoms. The fraction of sp³-hybridized carbons (Fsp3) is 0.286. The SMILES string of the molecule is CCOC(=O)c1ccc(-c2ccc(OC(C)C)c(C(=O)N[C@@H](CO)Cc3c[nH]c4ccccc34)c2)s1. The second kappa shape index (κ2) is 11.4. The highest BCUT2D eigenvalue weighted by Gasteiger charge is 2.21. The Hall–Kier alpha value is -3.62. The van der Waals surface area contributed by atoms with Crippen LogP contribution in [0, 0.1) is 0 Å². The lowest BCUT2D eigenvalue weighted by Gasteiger charge is -2.19. The lowest BCUT2D eigenvalue weighted by Crippen LogP contribution is -2.39. The van der Waals surface area contributed by atoms with Gasteiger partial charge in [-0.3, -0.25) is 4.79 Å². The van der Waals surface area contributed by atoms with E-state index in [1.165, 1.54) is 11.3 Å². The third kappa shape index (κ3) is 5.78. The number of ether oxygens (including phenoxy) is 2. The summed E-state index contributed by atoms with van der Waals surface area (Å²) in [4.78, 5) is 30.1. The van der Waals surface area contributed by atoms with Crippen molar-refractivity contribution in [2.75, 3.05) is 13.2 Å². The van der Waals surface area contributed by atoms with E-state index in [0.717, 1.165) is 26.9 Å². The van der Waals surface area contributed by atoms with Gasteiger partial charge in [0.2, 0.25) is 0 Å². The van der Waals surface area contributed by atoms with Gasteiger partial charge >= 0.3 is 5.97 Å². The molecule has 4 aromatic rings. The molecule has 2 heterocycles. The molecule has 2 aromatic carbocycles. The zero-order chi connectivity index (χ0) is 25.7. The minimum absolute atomic E-state index is 0.126. The zero-order valence-electron chi connectivity index (χ0n) is 20.5. The molecule has 8 heteroatoms. The normalized spacial score (nSPS) is 12.0. The van der Waals surface area contributed by atoms with Crippen LogP contribution in [0.3, 0.4) is 0 Å². The number of esters is 1. The van der Waals surface area contributed by atoms with Crippen LogP contribution >= 0.6 is 11.3 Å². The van der Waals surface area contributed by atoms with Crippen molar-refractivity contribution in [1.29, 1.82) is 0 Å². The number of para-hydroxylation sites is 1. The highest BCUT2D eigenvalue weighted by molar-refractivity contribution is 7.17. The number of aliphatic hydroxyl groups is 1. The summed E-state index contributed by atoms with van der Waals surface area (Å²) in [6, 6.07) is 16.4. The average Bonchev–Trinajstić information content (AvgIpc) is 3.52. The zero-order valence-corrected chi connectivity index (χ0v) is 21.4. The lowest BCUT2D eigenvalue weighted by molar-refractivity contribution is 0.0532. The Kier molecular flexibility index (Phi) is 8.07. The minimum atomic E-state index is -0.482. The number of aromatic amines is 1. The summed E-state index contributed by atoms with van der Waals surface area (Å²) in [6.07, 6.45) is 2.25. The number of carbonyl (C=O) groups excluding carboxylic acids is 2. The highest BCUT2D eigenvalue weighted by Crippen LogP contribution is 2.32. The monoisotopic (exact) mass is 506 g/mol. The topological polar surface area (TPSA) is 101 Å². The van der Waals surface area contributed by atoms with Crippen LogP contribution in [-0.2, 0) is 11.2 Å². The summed E-state index contributed by atoms with van der Waals surface area (Å²) in [7, 11) is 0. The van der Waals surface area contributed by atoms with Gasteiger partial charge < -0.3 is 24.9 Å². The van der Waals surface area contributed by atoms with Gasteiger partial charge in [0.1, 0.15) is 10.6 Å². The smallest absolute Gasteiger partial charge is 0.348 e. The number of fused-ring (bicyclic) bond motifs is 1. The van der Waals surface area contributed by atoms with E-state index in [4.69, 9.17) is 9.47 Å². The average molecular weight is 507 g/mol. The number of amides is 1. The van der Waals surface area contributed by atoms with Gasteiger partial charge in [-0.05, 0) is 74.7 Å². The Balaban J connectivity index is 1.59. The van der Waals surface area contributed by atoms with Crippen LogP contribution in [0.15, 0.2) is 60.8 Å². The fourth-order valence-electron chi connectivity index (χ4n) is 4.01. The van der Waals surface area contributed by atoms with Gasteiger partial charge in [-0.15, -0.1) is 11.3 Å². The summed E-state index contributed by atoms with van der Waals surface area (Å²) in [6.45, 7) is 5.66. The lowest BCUT2D eigenvalue weighted by atomic mass is 10.0. The number of rotatable bonds is 10. The first kappa shape index (κ1) is 25.5. The van der Waals surface area contributed by atoms with Gasteiger partial charge in [0.25, 0.3) is 5.91 Å². The number of nitrogens with one attached hydrogen (secondary N) is 2. The van der Waals surface area contributed by atoms with Crippen LogP contribution < -0.4 is 10.1 Å². The Morgan fingerprint density at radius 1 is 1.11 bits per heavy atom. The minimum Gasteiger partial charge on any atom is -0.490 e. The number of hydrogen-bond acceptors (Lipinski definition) is 6. The molecule has 0 radical (unpaired) electrons. The van der Waals surface area contributed by atoms with E-state index in [9.17, 15) is 14.7 Å². The van der Waals surface area contributed by atoms with Crippen LogP contribution in [0.5, 0.6) is 5.75 Å². The molecule has 0 bridgehead atoms. The van der Waals surface area contributed by atoms with E-state index in [1.807, 2.05) is 56.4 Å². The maximum atomic E-state index is 13.4. The number of carbonyl (C=O) groups is 2. The quantitative estimate of drug-likeness (QED) is 0.257. The number of hydrogen-bond donors (Lipinski definition) is 3. The van der Waals surface area contributed by atoms with Crippen LogP contribution in [0.4, 0.5) is 0 Å². The molecule has 0 aliphatic rings. The molecule has 0 aliphatic heterocycles. The van der Waals surface area contributed by atoms with Crippen LogP contribution in [0.25, 0.3) is 21.3 Å². The van der Waals surface area contributed by atoms with Crippen molar-refractivity contribution in [2.24, 2.45) is 0 Å². The van der Waals surface area contributed by atoms with Gasteiger partial charge in [0.05, 0.1) is 30.9 Å². The molecule has 3 N–H and O–H groups in total. The first-order valence-corrected chi connectivity index (χ1v) is 12.8. The van der Waals surface area contributed by atoms with Crippen LogP contribution in [-0.4, -0.2) is 47.3 Å². The Bertz CT molecular complexity index is 1360. The molecule has 7 nitrogen and oxygen atoms in total. The largest absolute Gasteiger partial charge is 0.490 e. The van der Waals surface area contributed by atoms with Gasteiger partial charge in [0.15, 0.2) is 0 Å². The first-order valence-electron chi connectivity index (χ1n) is 11.9. The first-order chi connectivity index (χ1) is 17.4. The molecule has 0 saturated carbocycles. The summed E-state index contributed by atoms with van der Waals surface area (Å²) in [5.41, 5.74) is 3.18. The van der Waals surface area contributed by atoms with E-state index >= 15 is 0 Å². The van der Waals surface area contributed by atoms with E-state index in [1.54, 1.807) is 25.1 Å². The summed E-state index contributed by atoms with van der Waals surface area (Å²) >= 11 is 1.31. The molecule has 0 saturated heterocycles. The molecular formula is C28H30N2O5S. The van der Waals surface area contributed by atoms with Crippen molar-refractivity contribution in [3.63, 3.8) is 0 Å². The molecule has 1 amide bonds. The molecule has 0 spiro atoms. The van der Waals surface area contributed by atoms with Crippen molar-refractivity contribution in [3.8, 4) is 16.2 Å². The number of H-pyrrole nitrogens is 1. The molecule has 1 atom stereocenters. The van der Waals surface area contributed by atoms with E-state index in [0.29, 0.717) is 29.2 Å². The molecule has 188 valence electrons. The van der Waals surface area contributed by atoms with Gasteiger partial charge in [-0.25, -0.2) is 4.79 Å². The predicted octanol–water partition coefficient (Wildman–Crippen LogP) is 5.19. The molecule has 2 aromatic heterocycles. The molecule has 0 fully saturated rings. The van der Waals surface area contributed by atoms with Gasteiger partial charge in [0, 0.05) is 22.0 Å². The Morgan fingerprint density at radius 3 is 2.67 bits per heavy atom. The van der Waals surface area contributed by atoms with Gasteiger partial charge in [-0.2, -0.15) is 0 Å². The van der Waals surface area contributed by atoms with Crippen molar-refractivity contribution in [1.82, 2.24) is 10.3 Å². The number of aliphatic hydroxyl groups excluding tert-OH is 1. The van der Waals surface area contributed by atoms with E-state index in [2.05, 4.69) is 10.3 Å². The summed E-state index contributed by atoms with van der Waals surface area (Å²) < 4.78 is 11.0. The van der Waals surface area contributed by atoms with Crippen molar-refractivity contribution >= 4 is 34.1 Å². The predicted molar refractivity (Wildman–Crippen MR) is 142 cm³/mol. The highest BCUT2D eigenvalue weighted by atomic mass is 32.1. The third-order valence-corrected chi connectivity index (χ3v) is 6.77. The van der Waals surface area contributed by atoms with E-state index < -0.39 is 6.04 Å². The summed E-state index contributed by atoms with van der Waals surface area (Å²) in [5.74, 6) is -0.250. The van der Waals surface area contributed by atoms with Crippen molar-refractivity contribution in [2.45, 2.75) is 39.3 Å². The van der Waals surface area contributed by atoms with Crippen molar-refractivity contribution in [3.05, 3.63) is 76.8 Å². The molecular weight excluding hydrogens is 476 g/mol. The second-order valence-electron chi connectivity index (χ2n) is 8.68. The number of aromatic nitrogens is 1. The van der Waals surface area contributed by atoms with E-state index in [-0.39, 0.29) is 24.6 Å². The molecule has 4 rings (SSSR count). The van der Waals surface area contributed by atoms with Gasteiger partial charge in [-0.1, -0.05) is 18.2 Å². The maximum Gasteiger partial charge on any atom is 0.348 e. The number of thiophene rings is 1. The van der Waals surface area contributed by atoms with Crippen molar-refractivity contribution < 1.29 is 24.2 Å². The number of benzene rings is 2. The standard InChI is InChI=1S/C28H30N2O5S/c1-4-34-28(33)26-12-11-25(36-26)18-9-10-24(35-17(2)3)22(14-18)27(32)30-20(16-31)13-19-15-29-23-8-6-5-7-21(19)23/h5-12,14-15,17,20,29,31H,4,13,16H2,1-3H3,(H,30,32)/t20-/m1/s1. The Morgan fingerprint density at radius 2 is 1.92 bits per heavy atom. The Labute approximate surface area is 214 Å². The van der Waals surface area contributed by atoms with Crippen LogP contribution in [0.1, 0.15) is 46.4 Å². The van der Waals surface area contributed by atoms with Crippen LogP contribution in [0.2, 0.25) is 0 Å². The molecule has 0 unspecified atom stereocenters.